The Morgan fingerprint density at radius 2 is 1.50 bits per heavy atom. The molecule has 2 heterocycles. The lowest BCUT2D eigenvalue weighted by Gasteiger charge is -2.34. The van der Waals surface area contributed by atoms with Gasteiger partial charge in [-0.15, -0.1) is 0 Å². The van der Waals surface area contributed by atoms with Crippen molar-refractivity contribution >= 4 is 46.5 Å². The monoisotopic (exact) mass is 497 g/mol. The van der Waals surface area contributed by atoms with Gasteiger partial charge in [-0.05, 0) is 54.1 Å². The Labute approximate surface area is 208 Å². The highest BCUT2D eigenvalue weighted by Gasteiger charge is 2.25. The van der Waals surface area contributed by atoms with Gasteiger partial charge in [0.1, 0.15) is 0 Å². The third-order valence-corrected chi connectivity index (χ3v) is 6.57. The van der Waals surface area contributed by atoms with Crippen molar-refractivity contribution in [2.24, 2.45) is 0 Å². The van der Waals surface area contributed by atoms with E-state index in [0.29, 0.717) is 48.3 Å². The second-order valence-corrected chi connectivity index (χ2v) is 8.81. The van der Waals surface area contributed by atoms with Crippen LogP contribution in [0.25, 0.3) is 0 Å². The highest BCUT2D eigenvalue weighted by Crippen LogP contribution is 2.24. The van der Waals surface area contributed by atoms with Gasteiger partial charge in [-0.3, -0.25) is 9.78 Å². The number of halogens is 2. The average molecular weight is 498 g/mol. The number of nitrogens with zero attached hydrogens (tertiary/aromatic N) is 4. The lowest BCUT2D eigenvalue weighted by atomic mass is 10.1. The maximum Gasteiger partial charge on any atom is 0.317 e. The number of piperazine rings is 1. The predicted octanol–water partition coefficient (Wildman–Crippen LogP) is 4.82. The predicted molar refractivity (Wildman–Crippen MR) is 135 cm³/mol. The lowest BCUT2D eigenvalue weighted by molar-refractivity contribution is 0.0665. The van der Waals surface area contributed by atoms with Crippen LogP contribution in [0.2, 0.25) is 10.0 Å². The lowest BCUT2D eigenvalue weighted by Crippen LogP contribution is -2.53. The Morgan fingerprint density at radius 1 is 0.882 bits per heavy atom. The van der Waals surface area contributed by atoms with Crippen molar-refractivity contribution in [2.75, 3.05) is 38.1 Å². The van der Waals surface area contributed by atoms with Gasteiger partial charge in [-0.25, -0.2) is 4.79 Å². The number of hydrogen-bond acceptors (Lipinski definition) is 4. The fourth-order valence-corrected chi connectivity index (χ4v) is 4.10. The molecule has 1 saturated heterocycles. The van der Waals surface area contributed by atoms with E-state index in [1.54, 1.807) is 34.3 Å². The van der Waals surface area contributed by atoms with Crippen LogP contribution in [0.4, 0.5) is 16.2 Å². The number of anilines is 2. The molecule has 176 valence electrons. The summed E-state index contributed by atoms with van der Waals surface area (Å²) < 4.78 is 0. The number of aromatic nitrogens is 1. The number of carbonyl (C=O) groups is 2. The minimum atomic E-state index is -0.165. The zero-order valence-corrected chi connectivity index (χ0v) is 20.3. The minimum Gasteiger partial charge on any atom is -0.345 e. The third-order valence-electron chi connectivity index (χ3n) is 5.83. The minimum absolute atomic E-state index is 0.0334. The summed E-state index contributed by atoms with van der Waals surface area (Å²) in [7, 11) is 1.97. The summed E-state index contributed by atoms with van der Waals surface area (Å²) in [4.78, 5) is 35.1. The van der Waals surface area contributed by atoms with Crippen LogP contribution in [0.15, 0.2) is 67.0 Å². The highest BCUT2D eigenvalue weighted by molar-refractivity contribution is 6.42. The summed E-state index contributed by atoms with van der Waals surface area (Å²) in [5.41, 5.74) is 3.49. The van der Waals surface area contributed by atoms with Crippen LogP contribution >= 0.6 is 23.2 Å². The van der Waals surface area contributed by atoms with Gasteiger partial charge >= 0.3 is 6.03 Å². The first-order valence-corrected chi connectivity index (χ1v) is 11.7. The van der Waals surface area contributed by atoms with Crippen molar-refractivity contribution < 1.29 is 9.59 Å². The number of nitrogens with one attached hydrogen (secondary N) is 1. The van der Waals surface area contributed by atoms with E-state index in [9.17, 15) is 9.59 Å². The number of rotatable bonds is 5. The van der Waals surface area contributed by atoms with Crippen molar-refractivity contribution in [3.05, 3.63) is 88.2 Å². The molecule has 0 bridgehead atoms. The number of benzene rings is 2. The van der Waals surface area contributed by atoms with Crippen molar-refractivity contribution in [2.45, 2.75) is 6.54 Å². The molecule has 0 saturated carbocycles. The van der Waals surface area contributed by atoms with Gasteiger partial charge in [-0.1, -0.05) is 29.3 Å². The average Bonchev–Trinajstić information content (AvgIpc) is 2.89. The van der Waals surface area contributed by atoms with Crippen LogP contribution < -0.4 is 10.2 Å². The zero-order valence-electron chi connectivity index (χ0n) is 18.7. The van der Waals surface area contributed by atoms with Crippen molar-refractivity contribution in [3.8, 4) is 0 Å². The van der Waals surface area contributed by atoms with Crippen LogP contribution in [-0.2, 0) is 6.54 Å². The molecule has 1 aliphatic rings. The van der Waals surface area contributed by atoms with E-state index in [-0.39, 0.29) is 11.9 Å². The standard InChI is InChI=1S/C25H25Cl2N5O2/c1-30(21-8-10-28-11-9-21)20-5-3-19(4-6-20)24(33)31-12-14-32(15-13-31)25(34)29-17-18-2-7-22(26)23(27)16-18/h2-11,16H,12-15,17H2,1H3,(H,29,34). The molecule has 0 radical (unpaired) electrons. The topological polar surface area (TPSA) is 68.8 Å². The number of amides is 3. The number of hydrogen-bond donors (Lipinski definition) is 1. The van der Waals surface area contributed by atoms with E-state index >= 15 is 0 Å². The van der Waals surface area contributed by atoms with E-state index < -0.39 is 0 Å². The molecular weight excluding hydrogens is 473 g/mol. The van der Waals surface area contributed by atoms with Gasteiger partial charge in [0.25, 0.3) is 5.91 Å². The number of pyridine rings is 1. The van der Waals surface area contributed by atoms with Gasteiger partial charge in [0.05, 0.1) is 10.0 Å². The molecule has 34 heavy (non-hydrogen) atoms. The Kier molecular flexibility index (Phi) is 7.55. The second-order valence-electron chi connectivity index (χ2n) is 8.00. The maximum absolute atomic E-state index is 13.0. The van der Waals surface area contributed by atoms with E-state index in [0.717, 1.165) is 16.9 Å². The van der Waals surface area contributed by atoms with Gasteiger partial charge in [0, 0.05) is 69.1 Å². The first kappa shape index (κ1) is 23.9. The maximum atomic E-state index is 13.0. The van der Waals surface area contributed by atoms with Crippen LogP contribution in [0.5, 0.6) is 0 Å². The summed E-state index contributed by atoms with van der Waals surface area (Å²) in [6.07, 6.45) is 3.49. The largest absolute Gasteiger partial charge is 0.345 e. The number of urea groups is 1. The van der Waals surface area contributed by atoms with E-state index in [1.165, 1.54) is 0 Å². The SMILES string of the molecule is CN(c1ccncc1)c1ccc(C(=O)N2CCN(C(=O)NCc3ccc(Cl)c(Cl)c3)CC2)cc1. The van der Waals surface area contributed by atoms with Crippen LogP contribution in [0, 0.1) is 0 Å². The van der Waals surface area contributed by atoms with Crippen molar-refractivity contribution in [1.29, 1.82) is 0 Å². The van der Waals surface area contributed by atoms with Crippen LogP contribution in [-0.4, -0.2) is 59.9 Å². The summed E-state index contributed by atoms with van der Waals surface area (Å²) in [6, 6.07) is 16.5. The molecule has 7 nitrogen and oxygen atoms in total. The molecule has 3 amide bonds. The van der Waals surface area contributed by atoms with Gasteiger partial charge < -0.3 is 20.0 Å². The molecule has 0 unspecified atom stereocenters. The Bertz CT molecular complexity index is 1150. The number of carbonyl (C=O) groups excluding carboxylic acids is 2. The fourth-order valence-electron chi connectivity index (χ4n) is 3.78. The molecule has 0 atom stereocenters. The summed E-state index contributed by atoms with van der Waals surface area (Å²) in [5.74, 6) is -0.0334. The van der Waals surface area contributed by atoms with Gasteiger partial charge in [-0.2, -0.15) is 0 Å². The molecule has 1 N–H and O–H groups in total. The Balaban J connectivity index is 1.28. The Hall–Kier alpha value is -3.29. The molecule has 9 heteroatoms. The quantitative estimate of drug-likeness (QED) is 0.548. The normalized spacial score (nSPS) is 13.5. The van der Waals surface area contributed by atoms with Crippen LogP contribution in [0.3, 0.4) is 0 Å². The molecule has 1 fully saturated rings. The molecule has 0 spiro atoms. The van der Waals surface area contributed by atoms with E-state index in [2.05, 4.69) is 10.3 Å². The van der Waals surface area contributed by atoms with E-state index in [4.69, 9.17) is 23.2 Å². The van der Waals surface area contributed by atoms with Crippen molar-refractivity contribution in [1.82, 2.24) is 20.1 Å². The second kappa shape index (κ2) is 10.8. The molecule has 0 aliphatic carbocycles. The van der Waals surface area contributed by atoms with Gasteiger partial charge in [0.15, 0.2) is 0 Å². The molecule has 1 aliphatic heterocycles. The third kappa shape index (κ3) is 5.61. The van der Waals surface area contributed by atoms with Crippen molar-refractivity contribution in [3.63, 3.8) is 0 Å². The van der Waals surface area contributed by atoms with E-state index in [1.807, 2.05) is 54.4 Å². The molecular formula is C25H25Cl2N5O2. The molecule has 4 rings (SSSR count). The zero-order chi connectivity index (χ0) is 24.1. The summed E-state index contributed by atoms with van der Waals surface area (Å²) in [5, 5.41) is 3.83. The first-order valence-electron chi connectivity index (χ1n) is 10.9. The molecule has 3 aromatic rings. The summed E-state index contributed by atoms with van der Waals surface area (Å²) in [6.45, 7) is 2.27. The molecule has 1 aromatic heterocycles. The van der Waals surface area contributed by atoms with Crippen LogP contribution in [0.1, 0.15) is 15.9 Å². The summed E-state index contributed by atoms with van der Waals surface area (Å²) >= 11 is 12.0. The van der Waals surface area contributed by atoms with Gasteiger partial charge in [0.2, 0.25) is 0 Å². The highest BCUT2D eigenvalue weighted by atomic mass is 35.5. The smallest absolute Gasteiger partial charge is 0.317 e. The molecule has 2 aromatic carbocycles. The fraction of sp³-hybridized carbons (Fsp3) is 0.240. The first-order chi connectivity index (χ1) is 16.4. The Morgan fingerprint density at radius 3 is 2.15 bits per heavy atom.